The van der Waals surface area contributed by atoms with Crippen molar-refractivity contribution in [1.82, 2.24) is 9.97 Å². The van der Waals surface area contributed by atoms with Gasteiger partial charge in [-0.2, -0.15) is 4.98 Å². The Hall–Kier alpha value is -3.48. The van der Waals surface area contributed by atoms with E-state index < -0.39 is 0 Å². The van der Waals surface area contributed by atoms with Crippen molar-refractivity contribution in [2.24, 2.45) is 0 Å². The first-order valence-electron chi connectivity index (χ1n) is 7.76. The van der Waals surface area contributed by atoms with Crippen LogP contribution in [0.3, 0.4) is 0 Å². The molecule has 0 radical (unpaired) electrons. The molecular formula is C18H17N5O2. The fourth-order valence-electron chi connectivity index (χ4n) is 2.43. The molecular weight excluding hydrogens is 318 g/mol. The average molecular weight is 335 g/mol. The molecule has 0 bridgehead atoms. The van der Waals surface area contributed by atoms with Crippen LogP contribution in [0.4, 0.5) is 17.5 Å². The molecule has 2 aromatic carbocycles. The molecule has 126 valence electrons. The molecule has 3 rings (SSSR count). The van der Waals surface area contributed by atoms with Crippen molar-refractivity contribution >= 4 is 17.5 Å². The third-order valence-corrected chi connectivity index (χ3v) is 3.67. The molecule has 1 heterocycles. The molecule has 0 aliphatic heterocycles. The van der Waals surface area contributed by atoms with Gasteiger partial charge >= 0.3 is 0 Å². The Morgan fingerprint density at radius 2 is 1.76 bits per heavy atom. The normalized spacial score (nSPS) is 10.3. The maximum absolute atomic E-state index is 11.1. The van der Waals surface area contributed by atoms with Crippen LogP contribution in [-0.4, -0.2) is 21.9 Å². The molecule has 0 unspecified atom stereocenters. The van der Waals surface area contributed by atoms with Crippen molar-refractivity contribution in [3.63, 3.8) is 0 Å². The highest BCUT2D eigenvalue weighted by Gasteiger charge is 2.12. The molecule has 25 heavy (non-hydrogen) atoms. The average Bonchev–Trinajstić information content (AvgIpc) is 2.67. The zero-order valence-electron chi connectivity index (χ0n) is 13.6. The molecule has 0 aliphatic rings. The maximum atomic E-state index is 11.1. The monoisotopic (exact) mass is 335 g/mol. The first kappa shape index (κ1) is 16.4. The predicted octanol–water partition coefficient (Wildman–Crippen LogP) is 3.71. The number of nitrogens with one attached hydrogen (secondary N) is 2. The number of nitro groups is 1. The molecule has 7 heteroatoms. The third kappa shape index (κ3) is 3.89. The first-order chi connectivity index (χ1) is 12.2. The minimum atomic E-state index is -0.384. The first-order valence-corrected chi connectivity index (χ1v) is 7.76. The summed E-state index contributed by atoms with van der Waals surface area (Å²) < 4.78 is 0. The second kappa shape index (κ2) is 7.39. The molecule has 0 aliphatic carbocycles. The van der Waals surface area contributed by atoms with E-state index in [2.05, 4.69) is 20.6 Å². The molecule has 2 N–H and O–H groups in total. The SMILES string of the molecule is CNc1nc(NCc2ccccc2[N+](=O)[O-])cc(-c2ccccc2)n1. The van der Waals surface area contributed by atoms with E-state index >= 15 is 0 Å². The summed E-state index contributed by atoms with van der Waals surface area (Å²) in [4.78, 5) is 19.5. The molecule has 0 spiro atoms. The van der Waals surface area contributed by atoms with Gasteiger partial charge in [0.05, 0.1) is 10.6 Å². The second-order valence-electron chi connectivity index (χ2n) is 5.32. The van der Waals surface area contributed by atoms with E-state index in [1.165, 1.54) is 6.07 Å². The molecule has 7 nitrogen and oxygen atoms in total. The van der Waals surface area contributed by atoms with Crippen LogP contribution < -0.4 is 10.6 Å². The number of para-hydroxylation sites is 1. The van der Waals surface area contributed by atoms with Gasteiger partial charge in [-0.15, -0.1) is 0 Å². The van der Waals surface area contributed by atoms with E-state index in [-0.39, 0.29) is 10.6 Å². The van der Waals surface area contributed by atoms with Gasteiger partial charge in [0.25, 0.3) is 5.69 Å². The van der Waals surface area contributed by atoms with Crippen LogP contribution in [0.5, 0.6) is 0 Å². The van der Waals surface area contributed by atoms with E-state index in [1.807, 2.05) is 36.4 Å². The zero-order valence-corrected chi connectivity index (χ0v) is 13.6. The highest BCUT2D eigenvalue weighted by molar-refractivity contribution is 5.64. The summed E-state index contributed by atoms with van der Waals surface area (Å²) in [6.45, 7) is 0.297. The number of hydrogen-bond acceptors (Lipinski definition) is 6. The van der Waals surface area contributed by atoms with Crippen LogP contribution in [0.2, 0.25) is 0 Å². The van der Waals surface area contributed by atoms with Crippen molar-refractivity contribution in [1.29, 1.82) is 0 Å². The highest BCUT2D eigenvalue weighted by atomic mass is 16.6. The fourth-order valence-corrected chi connectivity index (χ4v) is 2.43. The van der Waals surface area contributed by atoms with Gasteiger partial charge in [0.15, 0.2) is 0 Å². The minimum Gasteiger partial charge on any atom is -0.366 e. The Balaban J connectivity index is 1.87. The van der Waals surface area contributed by atoms with Crippen LogP contribution >= 0.6 is 0 Å². The van der Waals surface area contributed by atoms with Gasteiger partial charge in [0, 0.05) is 36.9 Å². The van der Waals surface area contributed by atoms with Gasteiger partial charge in [-0.05, 0) is 0 Å². The van der Waals surface area contributed by atoms with E-state index in [4.69, 9.17) is 0 Å². The largest absolute Gasteiger partial charge is 0.366 e. The Morgan fingerprint density at radius 1 is 1.04 bits per heavy atom. The lowest BCUT2D eigenvalue weighted by Gasteiger charge is -2.10. The summed E-state index contributed by atoms with van der Waals surface area (Å²) >= 11 is 0. The lowest BCUT2D eigenvalue weighted by Crippen LogP contribution is -2.07. The van der Waals surface area contributed by atoms with Crippen LogP contribution in [-0.2, 0) is 6.54 Å². The Kier molecular flexibility index (Phi) is 4.84. The fraction of sp³-hybridized carbons (Fsp3) is 0.111. The third-order valence-electron chi connectivity index (χ3n) is 3.67. The summed E-state index contributed by atoms with van der Waals surface area (Å²) in [6.07, 6.45) is 0. The summed E-state index contributed by atoms with van der Waals surface area (Å²) in [5.74, 6) is 1.07. The van der Waals surface area contributed by atoms with Crippen molar-refractivity contribution in [3.8, 4) is 11.3 Å². The second-order valence-corrected chi connectivity index (χ2v) is 5.32. The van der Waals surface area contributed by atoms with Crippen molar-refractivity contribution in [2.45, 2.75) is 6.54 Å². The van der Waals surface area contributed by atoms with Gasteiger partial charge < -0.3 is 10.6 Å². The Bertz CT molecular complexity index is 884. The van der Waals surface area contributed by atoms with Gasteiger partial charge in [0.2, 0.25) is 5.95 Å². The Morgan fingerprint density at radius 3 is 2.48 bits per heavy atom. The number of hydrogen-bond donors (Lipinski definition) is 2. The van der Waals surface area contributed by atoms with Crippen LogP contribution in [0, 0.1) is 10.1 Å². The van der Waals surface area contributed by atoms with Crippen molar-refractivity contribution in [3.05, 3.63) is 76.3 Å². The summed E-state index contributed by atoms with van der Waals surface area (Å²) in [5.41, 5.74) is 2.42. The van der Waals surface area contributed by atoms with E-state index in [0.717, 1.165) is 11.3 Å². The molecule has 0 saturated carbocycles. The molecule has 0 saturated heterocycles. The topological polar surface area (TPSA) is 93.0 Å². The van der Waals surface area contributed by atoms with E-state index in [1.54, 1.807) is 25.2 Å². The molecule has 1 aromatic heterocycles. The van der Waals surface area contributed by atoms with Crippen molar-refractivity contribution < 1.29 is 4.92 Å². The smallest absolute Gasteiger partial charge is 0.274 e. The highest BCUT2D eigenvalue weighted by Crippen LogP contribution is 2.23. The van der Waals surface area contributed by atoms with E-state index in [9.17, 15) is 10.1 Å². The minimum absolute atomic E-state index is 0.0844. The molecule has 0 atom stereocenters. The van der Waals surface area contributed by atoms with Crippen LogP contribution in [0.1, 0.15) is 5.56 Å². The number of nitro benzene ring substituents is 1. The number of anilines is 2. The van der Waals surface area contributed by atoms with Gasteiger partial charge in [-0.25, -0.2) is 4.98 Å². The predicted molar refractivity (Wildman–Crippen MR) is 97.4 cm³/mol. The lowest BCUT2D eigenvalue weighted by molar-refractivity contribution is -0.385. The summed E-state index contributed by atoms with van der Waals surface area (Å²) in [6, 6.07) is 18.2. The van der Waals surface area contributed by atoms with Gasteiger partial charge in [0.1, 0.15) is 5.82 Å². The zero-order chi connectivity index (χ0) is 17.6. The van der Waals surface area contributed by atoms with Crippen molar-refractivity contribution in [2.75, 3.05) is 17.7 Å². The number of nitrogens with zero attached hydrogens (tertiary/aromatic N) is 3. The van der Waals surface area contributed by atoms with Crippen LogP contribution in [0.25, 0.3) is 11.3 Å². The van der Waals surface area contributed by atoms with Gasteiger partial charge in [-0.3, -0.25) is 10.1 Å². The molecule has 0 fully saturated rings. The molecule has 3 aromatic rings. The number of benzene rings is 2. The van der Waals surface area contributed by atoms with Gasteiger partial charge in [-0.1, -0.05) is 48.5 Å². The van der Waals surface area contributed by atoms with E-state index in [0.29, 0.717) is 23.9 Å². The van der Waals surface area contributed by atoms with Crippen LogP contribution in [0.15, 0.2) is 60.7 Å². The maximum Gasteiger partial charge on any atom is 0.274 e. The summed E-state index contributed by atoms with van der Waals surface area (Å²) in [5, 5.41) is 17.2. The quantitative estimate of drug-likeness (QED) is 0.527. The molecule has 0 amide bonds. The lowest BCUT2D eigenvalue weighted by atomic mass is 10.1. The number of aromatic nitrogens is 2. The summed E-state index contributed by atoms with van der Waals surface area (Å²) in [7, 11) is 1.75. The number of rotatable bonds is 6. The standard InChI is InChI=1S/C18H17N5O2/c1-19-18-21-15(13-7-3-2-4-8-13)11-17(22-18)20-12-14-9-5-6-10-16(14)23(24)25/h2-11H,12H2,1H3,(H2,19,20,21,22). The Labute approximate surface area is 144 Å².